The monoisotopic (exact) mass is 401 g/mol. The number of rotatable bonds is 9. The molecule has 1 atom stereocenters. The second-order valence-electron chi connectivity index (χ2n) is 7.64. The Morgan fingerprint density at radius 1 is 1.04 bits per heavy atom. The molecule has 2 aromatic carbocycles. The molecule has 0 spiro atoms. The Bertz CT molecular complexity index is 743. The first-order valence-electron chi connectivity index (χ1n) is 9.54. The molecule has 28 heavy (non-hydrogen) atoms. The summed E-state index contributed by atoms with van der Waals surface area (Å²) < 4.78 is 10.8. The SMILES string of the molecule is COCCOCN(C(=O)[C@H](C)Sc1ccccc1)c1ccccc1C(C)(C)C. The molecule has 0 aliphatic heterocycles. The zero-order valence-corrected chi connectivity index (χ0v) is 18.3. The van der Waals surface area contributed by atoms with E-state index in [0.717, 1.165) is 16.1 Å². The lowest BCUT2D eigenvalue weighted by Gasteiger charge is -2.31. The fraction of sp³-hybridized carbons (Fsp3) is 0.435. The van der Waals surface area contributed by atoms with Gasteiger partial charge >= 0.3 is 0 Å². The first-order chi connectivity index (χ1) is 13.3. The Kier molecular flexibility index (Phi) is 8.55. The summed E-state index contributed by atoms with van der Waals surface area (Å²) >= 11 is 1.56. The van der Waals surface area contributed by atoms with Crippen LogP contribution in [0.5, 0.6) is 0 Å². The molecule has 0 bridgehead atoms. The summed E-state index contributed by atoms with van der Waals surface area (Å²) in [6, 6.07) is 18.1. The zero-order chi connectivity index (χ0) is 20.6. The highest BCUT2D eigenvalue weighted by Gasteiger charge is 2.28. The number of para-hydroxylation sites is 1. The van der Waals surface area contributed by atoms with Crippen LogP contribution in [0.4, 0.5) is 5.69 Å². The van der Waals surface area contributed by atoms with Crippen LogP contribution >= 0.6 is 11.8 Å². The third kappa shape index (κ3) is 6.36. The molecule has 0 aliphatic carbocycles. The summed E-state index contributed by atoms with van der Waals surface area (Å²) in [5.74, 6) is 0.0305. The lowest BCUT2D eigenvalue weighted by Crippen LogP contribution is -2.40. The lowest BCUT2D eigenvalue weighted by atomic mass is 9.85. The number of hydrogen-bond acceptors (Lipinski definition) is 4. The highest BCUT2D eigenvalue weighted by atomic mass is 32.2. The van der Waals surface area contributed by atoms with Crippen LogP contribution in [0.1, 0.15) is 33.3 Å². The van der Waals surface area contributed by atoms with Gasteiger partial charge in [-0.25, -0.2) is 0 Å². The second-order valence-corrected chi connectivity index (χ2v) is 9.05. The van der Waals surface area contributed by atoms with E-state index in [9.17, 15) is 4.79 Å². The van der Waals surface area contributed by atoms with Gasteiger partial charge in [0.1, 0.15) is 6.73 Å². The highest BCUT2D eigenvalue weighted by molar-refractivity contribution is 8.00. The van der Waals surface area contributed by atoms with Crippen molar-refractivity contribution in [3.8, 4) is 0 Å². The normalized spacial score (nSPS) is 12.6. The highest BCUT2D eigenvalue weighted by Crippen LogP contribution is 2.33. The van der Waals surface area contributed by atoms with Gasteiger partial charge in [0.15, 0.2) is 0 Å². The van der Waals surface area contributed by atoms with E-state index >= 15 is 0 Å². The molecule has 0 heterocycles. The van der Waals surface area contributed by atoms with E-state index < -0.39 is 0 Å². The topological polar surface area (TPSA) is 38.8 Å². The third-order valence-corrected chi connectivity index (χ3v) is 5.42. The van der Waals surface area contributed by atoms with E-state index in [4.69, 9.17) is 9.47 Å². The summed E-state index contributed by atoms with van der Waals surface area (Å²) in [5.41, 5.74) is 1.94. The number of anilines is 1. The third-order valence-electron chi connectivity index (χ3n) is 4.32. The molecule has 152 valence electrons. The van der Waals surface area contributed by atoms with E-state index in [1.165, 1.54) is 0 Å². The van der Waals surface area contributed by atoms with E-state index in [1.807, 2.05) is 55.5 Å². The van der Waals surface area contributed by atoms with Gasteiger partial charge in [-0.1, -0.05) is 57.2 Å². The van der Waals surface area contributed by atoms with Crippen molar-refractivity contribution in [2.45, 2.75) is 43.3 Å². The van der Waals surface area contributed by atoms with Crippen LogP contribution in [0, 0.1) is 0 Å². The fourth-order valence-electron chi connectivity index (χ4n) is 2.87. The Morgan fingerprint density at radius 2 is 1.68 bits per heavy atom. The van der Waals surface area contributed by atoms with Gasteiger partial charge in [0.25, 0.3) is 0 Å². The largest absolute Gasteiger partial charge is 0.382 e. The second kappa shape index (κ2) is 10.6. The summed E-state index contributed by atoms with van der Waals surface area (Å²) in [4.78, 5) is 16.2. The van der Waals surface area contributed by atoms with Crippen LogP contribution in [0.2, 0.25) is 0 Å². The van der Waals surface area contributed by atoms with Gasteiger partial charge in [-0.2, -0.15) is 0 Å². The number of thioether (sulfide) groups is 1. The van der Waals surface area contributed by atoms with Gasteiger partial charge < -0.3 is 9.47 Å². The van der Waals surface area contributed by atoms with E-state index in [-0.39, 0.29) is 23.3 Å². The minimum Gasteiger partial charge on any atom is -0.382 e. The number of nitrogens with zero attached hydrogens (tertiary/aromatic N) is 1. The van der Waals surface area contributed by atoms with Crippen LogP contribution < -0.4 is 4.90 Å². The predicted molar refractivity (Wildman–Crippen MR) is 117 cm³/mol. The van der Waals surface area contributed by atoms with Gasteiger partial charge in [-0.3, -0.25) is 9.69 Å². The minimum absolute atomic E-state index is 0.0305. The Labute approximate surface area is 173 Å². The van der Waals surface area contributed by atoms with Crippen molar-refractivity contribution in [3.63, 3.8) is 0 Å². The van der Waals surface area contributed by atoms with Crippen LogP contribution in [0.3, 0.4) is 0 Å². The van der Waals surface area contributed by atoms with E-state index in [1.54, 1.807) is 23.8 Å². The molecule has 0 unspecified atom stereocenters. The smallest absolute Gasteiger partial charge is 0.242 e. The Hall–Kier alpha value is -1.82. The molecule has 0 fully saturated rings. The van der Waals surface area contributed by atoms with Gasteiger partial charge in [0.2, 0.25) is 5.91 Å². The van der Waals surface area contributed by atoms with Crippen molar-refractivity contribution in [2.24, 2.45) is 0 Å². The summed E-state index contributed by atoms with van der Waals surface area (Å²) in [6.45, 7) is 9.56. The molecular weight excluding hydrogens is 370 g/mol. The van der Waals surface area contributed by atoms with Crippen molar-refractivity contribution in [1.29, 1.82) is 0 Å². The van der Waals surface area contributed by atoms with Crippen LogP contribution in [0.25, 0.3) is 0 Å². The molecule has 4 nitrogen and oxygen atoms in total. The first kappa shape index (κ1) is 22.5. The molecule has 0 aliphatic rings. The fourth-order valence-corrected chi connectivity index (χ4v) is 3.82. The summed E-state index contributed by atoms with van der Waals surface area (Å²) in [7, 11) is 1.64. The summed E-state index contributed by atoms with van der Waals surface area (Å²) in [6.07, 6.45) is 0. The van der Waals surface area contributed by atoms with Crippen LogP contribution in [0.15, 0.2) is 59.5 Å². The molecule has 2 aromatic rings. The van der Waals surface area contributed by atoms with E-state index in [0.29, 0.717) is 13.2 Å². The zero-order valence-electron chi connectivity index (χ0n) is 17.5. The van der Waals surface area contributed by atoms with E-state index in [2.05, 4.69) is 26.8 Å². The maximum absolute atomic E-state index is 13.4. The van der Waals surface area contributed by atoms with Crippen molar-refractivity contribution < 1.29 is 14.3 Å². The van der Waals surface area contributed by atoms with Crippen LogP contribution in [-0.2, 0) is 19.7 Å². The molecule has 2 rings (SSSR count). The average Bonchev–Trinajstić information content (AvgIpc) is 2.68. The average molecular weight is 402 g/mol. The van der Waals surface area contributed by atoms with Gasteiger partial charge in [-0.05, 0) is 36.1 Å². The molecule has 0 saturated heterocycles. The van der Waals surface area contributed by atoms with Crippen molar-refractivity contribution in [1.82, 2.24) is 0 Å². The van der Waals surface area contributed by atoms with Crippen molar-refractivity contribution in [3.05, 3.63) is 60.2 Å². The standard InChI is InChI=1S/C23H31NO3S/c1-18(28-19-11-7-6-8-12-19)22(25)24(17-27-16-15-26-5)21-14-10-9-13-20(21)23(2,3)4/h6-14,18H,15-17H2,1-5H3/t18-/m0/s1. The van der Waals surface area contributed by atoms with Gasteiger partial charge in [0, 0.05) is 17.7 Å². The predicted octanol–water partition coefficient (Wildman–Crippen LogP) is 5.12. The summed E-state index contributed by atoms with van der Waals surface area (Å²) in [5, 5.41) is -0.235. The van der Waals surface area contributed by atoms with Crippen LogP contribution in [-0.4, -0.2) is 38.2 Å². The van der Waals surface area contributed by atoms with Gasteiger partial charge in [-0.15, -0.1) is 11.8 Å². The molecule has 0 radical (unpaired) electrons. The number of methoxy groups -OCH3 is 1. The maximum atomic E-state index is 13.4. The Balaban J connectivity index is 2.27. The van der Waals surface area contributed by atoms with Crippen molar-refractivity contribution in [2.75, 3.05) is 32.0 Å². The molecule has 0 saturated carbocycles. The molecule has 0 N–H and O–H groups in total. The Morgan fingerprint density at radius 3 is 2.32 bits per heavy atom. The first-order valence-corrected chi connectivity index (χ1v) is 10.4. The number of carbonyl (C=O) groups is 1. The number of hydrogen-bond donors (Lipinski definition) is 0. The molecule has 0 aromatic heterocycles. The minimum atomic E-state index is -0.235. The lowest BCUT2D eigenvalue weighted by molar-refractivity contribution is -0.119. The molecular formula is C23H31NO3S. The van der Waals surface area contributed by atoms with Crippen molar-refractivity contribution >= 4 is 23.4 Å². The molecule has 1 amide bonds. The number of amides is 1. The van der Waals surface area contributed by atoms with Gasteiger partial charge in [0.05, 0.1) is 18.5 Å². The molecule has 5 heteroatoms. The maximum Gasteiger partial charge on any atom is 0.242 e. The number of ether oxygens (including phenoxy) is 2. The number of carbonyl (C=O) groups excluding carboxylic acids is 1. The quantitative estimate of drug-likeness (QED) is 0.332. The number of benzene rings is 2.